The normalized spacial score (nSPS) is 20.8. The van der Waals surface area contributed by atoms with Gasteiger partial charge in [-0.05, 0) is 11.4 Å². The van der Waals surface area contributed by atoms with Crippen LogP contribution in [0, 0.1) is 0 Å². The molecule has 2 heterocycles. The van der Waals surface area contributed by atoms with Crippen molar-refractivity contribution >= 4 is 17.2 Å². The molecule has 1 amide bonds. The summed E-state index contributed by atoms with van der Waals surface area (Å²) in [6.45, 7) is 2.73. The van der Waals surface area contributed by atoms with Crippen molar-refractivity contribution in [2.75, 3.05) is 32.9 Å². The van der Waals surface area contributed by atoms with Crippen LogP contribution >= 0.6 is 11.3 Å². The van der Waals surface area contributed by atoms with E-state index in [9.17, 15) is 9.90 Å². The Morgan fingerprint density at radius 2 is 2.56 bits per heavy atom. The average Bonchev–Trinajstić information content (AvgIpc) is 2.90. The predicted octanol–water partition coefficient (Wildman–Crippen LogP) is 0.0574. The first-order valence-electron chi connectivity index (χ1n) is 6.01. The van der Waals surface area contributed by atoms with Gasteiger partial charge >= 0.3 is 0 Å². The average molecular weight is 270 g/mol. The van der Waals surface area contributed by atoms with Crippen LogP contribution in [-0.2, 0) is 16.1 Å². The van der Waals surface area contributed by atoms with Gasteiger partial charge in [0.05, 0.1) is 39.0 Å². The minimum Gasteiger partial charge on any atom is -0.395 e. The van der Waals surface area contributed by atoms with Gasteiger partial charge in [0.2, 0.25) is 5.91 Å². The molecule has 0 aromatic carbocycles. The highest BCUT2D eigenvalue weighted by Gasteiger charge is 2.23. The van der Waals surface area contributed by atoms with Gasteiger partial charge in [-0.1, -0.05) is 6.07 Å². The third-order valence-corrected chi connectivity index (χ3v) is 3.82. The summed E-state index contributed by atoms with van der Waals surface area (Å²) in [6, 6.07) is 3.90. The predicted molar refractivity (Wildman–Crippen MR) is 69.4 cm³/mol. The number of carbonyl (C=O) groups is 1. The van der Waals surface area contributed by atoms with E-state index in [4.69, 9.17) is 4.74 Å². The monoisotopic (exact) mass is 270 g/mol. The highest BCUT2D eigenvalue weighted by Crippen LogP contribution is 2.08. The molecule has 0 saturated carbocycles. The van der Waals surface area contributed by atoms with Gasteiger partial charge in [-0.2, -0.15) is 0 Å². The summed E-state index contributed by atoms with van der Waals surface area (Å²) in [5, 5.41) is 14.1. The molecule has 100 valence electrons. The van der Waals surface area contributed by atoms with E-state index in [0.717, 1.165) is 4.88 Å². The Morgan fingerprint density at radius 1 is 1.67 bits per heavy atom. The second kappa shape index (κ2) is 6.84. The van der Waals surface area contributed by atoms with Crippen molar-refractivity contribution in [3.8, 4) is 0 Å². The van der Waals surface area contributed by atoms with Gasteiger partial charge in [-0.25, -0.2) is 0 Å². The smallest absolute Gasteiger partial charge is 0.234 e. The Bertz CT molecular complexity index is 369. The number of ether oxygens (including phenoxy) is 1. The molecule has 1 aliphatic rings. The van der Waals surface area contributed by atoms with Gasteiger partial charge in [0.1, 0.15) is 0 Å². The van der Waals surface area contributed by atoms with E-state index < -0.39 is 0 Å². The van der Waals surface area contributed by atoms with Crippen LogP contribution in [0.25, 0.3) is 0 Å². The van der Waals surface area contributed by atoms with Crippen LogP contribution in [0.3, 0.4) is 0 Å². The van der Waals surface area contributed by atoms with E-state index in [2.05, 4.69) is 5.32 Å². The summed E-state index contributed by atoms with van der Waals surface area (Å²) < 4.78 is 5.27. The fourth-order valence-electron chi connectivity index (χ4n) is 1.90. The number of thiophene rings is 1. The first-order chi connectivity index (χ1) is 8.79. The van der Waals surface area contributed by atoms with E-state index in [1.807, 2.05) is 22.4 Å². The minimum absolute atomic E-state index is 0.0104. The molecule has 1 aromatic heterocycles. The van der Waals surface area contributed by atoms with Crippen molar-refractivity contribution < 1.29 is 14.6 Å². The summed E-state index contributed by atoms with van der Waals surface area (Å²) in [7, 11) is 0. The first-order valence-corrected chi connectivity index (χ1v) is 6.89. The van der Waals surface area contributed by atoms with Gasteiger partial charge < -0.3 is 15.2 Å². The maximum absolute atomic E-state index is 11.8. The van der Waals surface area contributed by atoms with Gasteiger partial charge in [-0.15, -0.1) is 11.3 Å². The summed E-state index contributed by atoms with van der Waals surface area (Å²) >= 11 is 1.63. The molecule has 1 saturated heterocycles. The Balaban J connectivity index is 1.75. The summed E-state index contributed by atoms with van der Waals surface area (Å²) in [5.41, 5.74) is 0. The molecule has 1 aromatic rings. The summed E-state index contributed by atoms with van der Waals surface area (Å²) in [6.07, 6.45) is 0. The number of nitrogens with zero attached hydrogens (tertiary/aromatic N) is 1. The number of morpholine rings is 1. The second-order valence-corrected chi connectivity index (χ2v) is 5.27. The molecule has 1 atom stereocenters. The largest absolute Gasteiger partial charge is 0.395 e. The number of rotatable bonds is 5. The maximum atomic E-state index is 11.8. The molecule has 2 rings (SSSR count). The fraction of sp³-hybridized carbons (Fsp3) is 0.583. The molecular formula is C12H18N2O3S. The standard InChI is InChI=1S/C12H18N2O3S/c15-8-10-9-17-4-3-14(10)7-12(16)13-6-11-2-1-5-18-11/h1-2,5,10,15H,3-4,6-9H2,(H,13,16). The zero-order valence-corrected chi connectivity index (χ0v) is 11.0. The van der Waals surface area contributed by atoms with E-state index in [0.29, 0.717) is 32.8 Å². The molecule has 0 spiro atoms. The molecule has 6 heteroatoms. The lowest BCUT2D eigenvalue weighted by molar-refractivity contribution is -0.125. The highest BCUT2D eigenvalue weighted by atomic mass is 32.1. The number of amides is 1. The van der Waals surface area contributed by atoms with Crippen LogP contribution < -0.4 is 5.32 Å². The van der Waals surface area contributed by atoms with Crippen LogP contribution in [0.5, 0.6) is 0 Å². The van der Waals surface area contributed by atoms with Crippen LogP contribution in [0.2, 0.25) is 0 Å². The Labute approximate surface area is 110 Å². The van der Waals surface area contributed by atoms with Crippen LogP contribution in [0.1, 0.15) is 4.88 Å². The zero-order chi connectivity index (χ0) is 12.8. The van der Waals surface area contributed by atoms with Crippen LogP contribution in [0.4, 0.5) is 0 Å². The van der Waals surface area contributed by atoms with Gasteiger partial charge in [-0.3, -0.25) is 9.69 Å². The lowest BCUT2D eigenvalue weighted by Gasteiger charge is -2.33. The number of aliphatic hydroxyl groups excluding tert-OH is 1. The van der Waals surface area contributed by atoms with Crippen LogP contribution in [-0.4, -0.2) is 54.9 Å². The number of aliphatic hydroxyl groups is 1. The highest BCUT2D eigenvalue weighted by molar-refractivity contribution is 7.09. The summed E-state index contributed by atoms with van der Waals surface area (Å²) in [4.78, 5) is 14.9. The Morgan fingerprint density at radius 3 is 3.28 bits per heavy atom. The molecule has 0 aliphatic carbocycles. The first kappa shape index (κ1) is 13.5. The summed E-state index contributed by atoms with van der Waals surface area (Å²) in [5.74, 6) is -0.0104. The molecule has 1 unspecified atom stereocenters. The fourth-order valence-corrected chi connectivity index (χ4v) is 2.55. The lowest BCUT2D eigenvalue weighted by Crippen LogP contribution is -2.51. The minimum atomic E-state index is -0.0637. The van der Waals surface area contributed by atoms with E-state index >= 15 is 0 Å². The van der Waals surface area contributed by atoms with Crippen molar-refractivity contribution in [2.24, 2.45) is 0 Å². The maximum Gasteiger partial charge on any atom is 0.234 e. The second-order valence-electron chi connectivity index (χ2n) is 4.24. The van der Waals surface area contributed by atoms with E-state index in [-0.39, 0.29) is 18.6 Å². The van der Waals surface area contributed by atoms with Crippen molar-refractivity contribution in [3.63, 3.8) is 0 Å². The van der Waals surface area contributed by atoms with E-state index in [1.165, 1.54) is 0 Å². The zero-order valence-electron chi connectivity index (χ0n) is 10.2. The van der Waals surface area contributed by atoms with Gasteiger partial charge in [0.25, 0.3) is 0 Å². The van der Waals surface area contributed by atoms with Crippen molar-refractivity contribution in [1.82, 2.24) is 10.2 Å². The molecule has 1 fully saturated rings. The molecule has 0 radical (unpaired) electrons. The van der Waals surface area contributed by atoms with Crippen LogP contribution in [0.15, 0.2) is 17.5 Å². The molecule has 0 bridgehead atoms. The number of hydrogen-bond acceptors (Lipinski definition) is 5. The third-order valence-electron chi connectivity index (χ3n) is 2.95. The number of nitrogens with one attached hydrogen (secondary N) is 1. The number of carbonyl (C=O) groups excluding carboxylic acids is 1. The van der Waals surface area contributed by atoms with Gasteiger partial charge in [0, 0.05) is 11.4 Å². The molecule has 18 heavy (non-hydrogen) atoms. The van der Waals surface area contributed by atoms with Crippen molar-refractivity contribution in [2.45, 2.75) is 12.6 Å². The number of hydrogen-bond donors (Lipinski definition) is 2. The molecular weight excluding hydrogens is 252 g/mol. The quantitative estimate of drug-likeness (QED) is 0.794. The molecule has 5 nitrogen and oxygen atoms in total. The molecule has 2 N–H and O–H groups in total. The van der Waals surface area contributed by atoms with Gasteiger partial charge in [0.15, 0.2) is 0 Å². The Hall–Kier alpha value is -0.950. The topological polar surface area (TPSA) is 61.8 Å². The van der Waals surface area contributed by atoms with E-state index in [1.54, 1.807) is 11.3 Å². The molecule has 1 aliphatic heterocycles. The van der Waals surface area contributed by atoms with Crippen molar-refractivity contribution in [3.05, 3.63) is 22.4 Å². The Kier molecular flexibility index (Phi) is 5.12. The SMILES string of the molecule is O=C(CN1CCOCC1CO)NCc1cccs1. The van der Waals surface area contributed by atoms with Crippen molar-refractivity contribution in [1.29, 1.82) is 0 Å². The lowest BCUT2D eigenvalue weighted by atomic mass is 10.2. The third kappa shape index (κ3) is 3.78.